The van der Waals surface area contributed by atoms with Crippen LogP contribution in [0, 0.1) is 6.92 Å². The fourth-order valence-corrected chi connectivity index (χ4v) is 4.05. The molecule has 162 valence electrons. The van der Waals surface area contributed by atoms with Gasteiger partial charge in [0.05, 0.1) is 35.7 Å². The van der Waals surface area contributed by atoms with Gasteiger partial charge < -0.3 is 14.8 Å². The van der Waals surface area contributed by atoms with Crippen LogP contribution in [-0.2, 0) is 30.8 Å². The van der Waals surface area contributed by atoms with Crippen molar-refractivity contribution in [1.82, 2.24) is 14.5 Å². The smallest absolute Gasteiger partial charge is 0.327 e. The summed E-state index contributed by atoms with van der Waals surface area (Å²) in [6.45, 7) is 2.52. The van der Waals surface area contributed by atoms with Gasteiger partial charge >= 0.3 is 5.97 Å². The van der Waals surface area contributed by atoms with Gasteiger partial charge in [-0.1, -0.05) is 0 Å². The van der Waals surface area contributed by atoms with Gasteiger partial charge in [0.25, 0.3) is 5.91 Å². The van der Waals surface area contributed by atoms with Gasteiger partial charge in [-0.15, -0.1) is 0 Å². The molecule has 3 rings (SSSR count). The first kappa shape index (κ1) is 21.9. The van der Waals surface area contributed by atoms with Gasteiger partial charge in [-0.3, -0.25) is 14.3 Å². The number of sulfonamides is 1. The molecular formula is C19H24N4O6S. The Morgan fingerprint density at radius 2 is 2.03 bits per heavy atom. The molecule has 2 heterocycles. The fourth-order valence-electron chi connectivity index (χ4n) is 2.99. The monoisotopic (exact) mass is 436 g/mol. The van der Waals surface area contributed by atoms with E-state index in [4.69, 9.17) is 4.74 Å². The lowest BCUT2D eigenvalue weighted by molar-refractivity contribution is -0.141. The van der Waals surface area contributed by atoms with Crippen molar-refractivity contribution in [3.8, 4) is 0 Å². The van der Waals surface area contributed by atoms with E-state index >= 15 is 0 Å². The number of carbonyl (C=O) groups is 2. The first-order valence-electron chi connectivity index (χ1n) is 9.42. The highest BCUT2D eigenvalue weighted by atomic mass is 32.2. The number of amides is 1. The van der Waals surface area contributed by atoms with Crippen LogP contribution in [0.4, 0.5) is 5.69 Å². The molecule has 10 nitrogen and oxygen atoms in total. The minimum absolute atomic E-state index is 0.0658. The number of esters is 1. The molecule has 0 saturated carbocycles. The molecule has 1 unspecified atom stereocenters. The Balaban J connectivity index is 1.63. The van der Waals surface area contributed by atoms with E-state index in [1.165, 1.54) is 42.3 Å². The Bertz CT molecular complexity index is 1010. The lowest BCUT2D eigenvalue weighted by Crippen LogP contribution is -2.31. The van der Waals surface area contributed by atoms with E-state index in [9.17, 15) is 18.0 Å². The highest BCUT2D eigenvalue weighted by molar-refractivity contribution is 7.89. The fraction of sp³-hybridized carbons (Fsp3) is 0.421. The number of anilines is 1. The highest BCUT2D eigenvalue weighted by Crippen LogP contribution is 2.17. The Kier molecular flexibility index (Phi) is 6.85. The van der Waals surface area contributed by atoms with Gasteiger partial charge in [0, 0.05) is 18.7 Å². The first-order chi connectivity index (χ1) is 14.3. The quantitative estimate of drug-likeness (QED) is 0.592. The molecule has 1 fully saturated rings. The Labute approximate surface area is 174 Å². The molecule has 1 amide bonds. The molecule has 1 aromatic carbocycles. The number of ether oxygens (including phenoxy) is 2. The van der Waals surface area contributed by atoms with Gasteiger partial charge in [0.2, 0.25) is 10.0 Å². The van der Waals surface area contributed by atoms with E-state index in [1.54, 1.807) is 6.92 Å². The third-order valence-corrected chi connectivity index (χ3v) is 6.25. The summed E-state index contributed by atoms with van der Waals surface area (Å²) in [5.74, 6) is -0.879. The first-order valence-corrected chi connectivity index (χ1v) is 10.9. The zero-order valence-corrected chi connectivity index (χ0v) is 17.6. The topological polar surface area (TPSA) is 129 Å². The van der Waals surface area contributed by atoms with Crippen LogP contribution in [0.3, 0.4) is 0 Å². The third-order valence-electron chi connectivity index (χ3n) is 4.81. The molecule has 0 aliphatic carbocycles. The third kappa shape index (κ3) is 5.23. The van der Waals surface area contributed by atoms with E-state index in [0.717, 1.165) is 12.8 Å². The molecule has 1 saturated heterocycles. The van der Waals surface area contributed by atoms with Gasteiger partial charge in [0.15, 0.2) is 0 Å². The number of methoxy groups -OCH3 is 1. The van der Waals surface area contributed by atoms with E-state index in [2.05, 4.69) is 19.9 Å². The predicted molar refractivity (Wildman–Crippen MR) is 108 cm³/mol. The SMILES string of the molecule is COC(=O)Cn1ncc(NC(=O)c2ccc(S(=O)(=O)NCC3CCCO3)cc2)c1C. The molecule has 0 radical (unpaired) electrons. The zero-order chi connectivity index (χ0) is 21.7. The second kappa shape index (κ2) is 9.37. The van der Waals surface area contributed by atoms with Gasteiger partial charge in [-0.2, -0.15) is 5.10 Å². The average Bonchev–Trinajstić information content (AvgIpc) is 3.38. The number of rotatable bonds is 8. The molecule has 2 aromatic rings. The van der Waals surface area contributed by atoms with Crippen molar-refractivity contribution in [2.45, 2.75) is 37.3 Å². The number of hydrogen-bond donors (Lipinski definition) is 2. The van der Waals surface area contributed by atoms with Gasteiger partial charge in [0.1, 0.15) is 6.54 Å². The molecule has 1 aliphatic heterocycles. The molecule has 2 N–H and O–H groups in total. The van der Waals surface area contributed by atoms with Gasteiger partial charge in [-0.05, 0) is 44.0 Å². The normalized spacial score (nSPS) is 16.4. The van der Waals surface area contributed by atoms with Gasteiger partial charge in [-0.25, -0.2) is 13.1 Å². The van der Waals surface area contributed by atoms with Crippen LogP contribution < -0.4 is 10.0 Å². The van der Waals surface area contributed by atoms with Crippen LogP contribution in [0.15, 0.2) is 35.4 Å². The minimum Gasteiger partial charge on any atom is -0.468 e. The number of carbonyl (C=O) groups excluding carboxylic acids is 2. The molecule has 1 aliphatic rings. The largest absolute Gasteiger partial charge is 0.468 e. The maximum absolute atomic E-state index is 12.5. The Hall–Kier alpha value is -2.76. The lowest BCUT2D eigenvalue weighted by Gasteiger charge is -2.12. The standard InChI is InChI=1S/C19H24N4O6S/c1-13-17(11-20-23(13)12-18(24)28-2)22-19(25)14-5-7-16(8-6-14)30(26,27)21-10-15-4-3-9-29-15/h5-8,11,15,21H,3-4,9-10,12H2,1-2H3,(H,22,25). The lowest BCUT2D eigenvalue weighted by atomic mass is 10.2. The number of benzene rings is 1. The summed E-state index contributed by atoms with van der Waals surface area (Å²) >= 11 is 0. The number of hydrogen-bond acceptors (Lipinski definition) is 7. The highest BCUT2D eigenvalue weighted by Gasteiger charge is 2.21. The summed E-state index contributed by atoms with van der Waals surface area (Å²) in [5.41, 5.74) is 1.32. The second-order valence-electron chi connectivity index (χ2n) is 6.84. The van der Waals surface area contributed by atoms with E-state index in [-0.39, 0.29) is 29.7 Å². The van der Waals surface area contributed by atoms with Crippen LogP contribution in [0.1, 0.15) is 28.9 Å². The molecule has 30 heavy (non-hydrogen) atoms. The Morgan fingerprint density at radius 3 is 2.67 bits per heavy atom. The maximum atomic E-state index is 12.5. The summed E-state index contributed by atoms with van der Waals surface area (Å²) in [6.07, 6.45) is 3.09. The van der Waals surface area contributed by atoms with Crippen molar-refractivity contribution in [2.75, 3.05) is 25.6 Å². The summed E-state index contributed by atoms with van der Waals surface area (Å²) in [5, 5.41) is 6.76. The van der Waals surface area contributed by atoms with E-state index in [1.807, 2.05) is 0 Å². The van der Waals surface area contributed by atoms with Crippen molar-refractivity contribution in [3.05, 3.63) is 41.7 Å². The number of aromatic nitrogens is 2. The average molecular weight is 436 g/mol. The van der Waals surface area contributed by atoms with Crippen molar-refractivity contribution >= 4 is 27.6 Å². The zero-order valence-electron chi connectivity index (χ0n) is 16.8. The van der Waals surface area contributed by atoms with Crippen LogP contribution in [0.5, 0.6) is 0 Å². The van der Waals surface area contributed by atoms with E-state index in [0.29, 0.717) is 18.0 Å². The van der Waals surface area contributed by atoms with Crippen LogP contribution in [0.2, 0.25) is 0 Å². The van der Waals surface area contributed by atoms with Crippen LogP contribution >= 0.6 is 0 Å². The summed E-state index contributed by atoms with van der Waals surface area (Å²) in [7, 11) is -2.40. The predicted octanol–water partition coefficient (Wildman–Crippen LogP) is 1.07. The van der Waals surface area contributed by atoms with Crippen LogP contribution in [0.25, 0.3) is 0 Å². The van der Waals surface area contributed by atoms with Crippen molar-refractivity contribution in [2.24, 2.45) is 0 Å². The second-order valence-corrected chi connectivity index (χ2v) is 8.61. The molecule has 0 spiro atoms. The van der Waals surface area contributed by atoms with E-state index < -0.39 is 21.9 Å². The number of nitrogens with zero attached hydrogens (tertiary/aromatic N) is 2. The van der Waals surface area contributed by atoms with Crippen molar-refractivity contribution in [3.63, 3.8) is 0 Å². The molecular weight excluding hydrogens is 412 g/mol. The van der Waals surface area contributed by atoms with Crippen molar-refractivity contribution < 1.29 is 27.5 Å². The Morgan fingerprint density at radius 1 is 1.30 bits per heavy atom. The van der Waals surface area contributed by atoms with Crippen LogP contribution in [-0.4, -0.2) is 56.4 Å². The molecule has 11 heteroatoms. The summed E-state index contributed by atoms with van der Waals surface area (Å²) in [4.78, 5) is 24.0. The maximum Gasteiger partial charge on any atom is 0.327 e. The summed E-state index contributed by atoms with van der Waals surface area (Å²) in [6, 6.07) is 5.62. The molecule has 1 atom stereocenters. The van der Waals surface area contributed by atoms with Crippen molar-refractivity contribution in [1.29, 1.82) is 0 Å². The molecule has 0 bridgehead atoms. The number of nitrogens with one attached hydrogen (secondary N) is 2. The summed E-state index contributed by atoms with van der Waals surface area (Å²) < 4.78 is 38.8. The minimum atomic E-state index is -3.69. The molecule has 1 aromatic heterocycles.